The minimum Gasteiger partial charge on any atom is -0.507 e. The number of phenols is 1. The second-order valence-corrected chi connectivity index (χ2v) is 4.48. The van der Waals surface area contributed by atoms with Crippen LogP contribution < -0.4 is 4.74 Å². The molecule has 0 aliphatic carbocycles. The Kier molecular flexibility index (Phi) is 3.85. The van der Waals surface area contributed by atoms with Gasteiger partial charge in [0.05, 0.1) is 0 Å². The molecule has 0 unspecified atom stereocenters. The van der Waals surface area contributed by atoms with E-state index in [1.807, 2.05) is 31.2 Å². The predicted octanol–water partition coefficient (Wildman–Crippen LogP) is 3.48. The summed E-state index contributed by atoms with van der Waals surface area (Å²) in [6.07, 6.45) is 0. The van der Waals surface area contributed by atoms with Crippen LogP contribution in [0, 0.1) is 6.92 Å². The first kappa shape index (κ1) is 13.1. The standard InChI is InChI=1S/C16H16O3/c1-11-6-8-13(9-7-11)10-19-15-5-3-4-14(18)16(15)12(2)17/h3-9,18H,10H2,1-2H3. The zero-order valence-corrected chi connectivity index (χ0v) is 11.0. The van der Waals surface area contributed by atoms with Crippen LogP contribution in [0.1, 0.15) is 28.4 Å². The van der Waals surface area contributed by atoms with E-state index in [1.165, 1.54) is 18.6 Å². The van der Waals surface area contributed by atoms with E-state index in [9.17, 15) is 9.90 Å². The summed E-state index contributed by atoms with van der Waals surface area (Å²) in [5, 5.41) is 9.69. The molecule has 0 atom stereocenters. The van der Waals surface area contributed by atoms with Gasteiger partial charge >= 0.3 is 0 Å². The van der Waals surface area contributed by atoms with Crippen LogP contribution >= 0.6 is 0 Å². The number of ether oxygens (including phenoxy) is 1. The lowest BCUT2D eigenvalue weighted by molar-refractivity contribution is 0.101. The second kappa shape index (κ2) is 5.57. The summed E-state index contributed by atoms with van der Waals surface area (Å²) in [4.78, 5) is 11.5. The van der Waals surface area contributed by atoms with Gasteiger partial charge in [0.15, 0.2) is 5.78 Å². The van der Waals surface area contributed by atoms with Crippen LogP contribution in [0.5, 0.6) is 11.5 Å². The summed E-state index contributed by atoms with van der Waals surface area (Å²) in [6.45, 7) is 3.80. The van der Waals surface area contributed by atoms with Crippen molar-refractivity contribution in [1.29, 1.82) is 0 Å². The Bertz CT molecular complexity index is 585. The number of Topliss-reactive ketones (excluding diaryl/α,β-unsaturated/α-hetero) is 1. The van der Waals surface area contributed by atoms with Gasteiger partial charge in [-0.25, -0.2) is 0 Å². The molecular formula is C16H16O3. The lowest BCUT2D eigenvalue weighted by Gasteiger charge is -2.11. The van der Waals surface area contributed by atoms with E-state index >= 15 is 0 Å². The first-order valence-corrected chi connectivity index (χ1v) is 6.09. The lowest BCUT2D eigenvalue weighted by atomic mass is 10.1. The topological polar surface area (TPSA) is 46.5 Å². The average molecular weight is 256 g/mol. The molecule has 2 aromatic rings. The molecule has 0 aliphatic heterocycles. The monoisotopic (exact) mass is 256 g/mol. The maximum absolute atomic E-state index is 11.5. The highest BCUT2D eigenvalue weighted by molar-refractivity contribution is 5.99. The van der Waals surface area contributed by atoms with Crippen LogP contribution in [-0.2, 0) is 6.61 Å². The molecule has 0 fully saturated rings. The SMILES string of the molecule is CC(=O)c1c(O)cccc1OCc1ccc(C)cc1. The summed E-state index contributed by atoms with van der Waals surface area (Å²) in [5.41, 5.74) is 2.43. The van der Waals surface area contributed by atoms with E-state index in [4.69, 9.17) is 4.74 Å². The lowest BCUT2D eigenvalue weighted by Crippen LogP contribution is -2.02. The van der Waals surface area contributed by atoms with E-state index in [2.05, 4.69) is 0 Å². The fourth-order valence-electron chi connectivity index (χ4n) is 1.84. The molecule has 3 heteroatoms. The first-order valence-electron chi connectivity index (χ1n) is 6.09. The highest BCUT2D eigenvalue weighted by Gasteiger charge is 2.13. The number of hydrogen-bond donors (Lipinski definition) is 1. The van der Waals surface area contributed by atoms with Crippen molar-refractivity contribution < 1.29 is 14.6 Å². The van der Waals surface area contributed by atoms with Crippen molar-refractivity contribution >= 4 is 5.78 Å². The van der Waals surface area contributed by atoms with Gasteiger partial charge in [-0.15, -0.1) is 0 Å². The summed E-state index contributed by atoms with van der Waals surface area (Å²) in [5.74, 6) is 0.152. The van der Waals surface area contributed by atoms with Crippen LogP contribution in [0.25, 0.3) is 0 Å². The number of hydrogen-bond acceptors (Lipinski definition) is 3. The van der Waals surface area contributed by atoms with Gasteiger partial charge in [-0.2, -0.15) is 0 Å². The van der Waals surface area contributed by atoms with Crippen LogP contribution in [-0.4, -0.2) is 10.9 Å². The van der Waals surface area contributed by atoms with Crippen LogP contribution in [0.15, 0.2) is 42.5 Å². The molecule has 0 aromatic heterocycles. The van der Waals surface area contributed by atoms with Crippen molar-refractivity contribution in [3.8, 4) is 11.5 Å². The summed E-state index contributed by atoms with van der Waals surface area (Å²) < 4.78 is 5.62. The summed E-state index contributed by atoms with van der Waals surface area (Å²) >= 11 is 0. The van der Waals surface area contributed by atoms with Gasteiger partial charge in [-0.1, -0.05) is 35.9 Å². The Morgan fingerprint density at radius 1 is 1.16 bits per heavy atom. The van der Waals surface area contributed by atoms with E-state index in [-0.39, 0.29) is 17.1 Å². The molecule has 0 saturated carbocycles. The smallest absolute Gasteiger partial charge is 0.167 e. The maximum Gasteiger partial charge on any atom is 0.167 e. The first-order chi connectivity index (χ1) is 9.08. The van der Waals surface area contributed by atoms with E-state index in [0.29, 0.717) is 12.4 Å². The van der Waals surface area contributed by atoms with Crippen LogP contribution in [0.4, 0.5) is 0 Å². The molecule has 3 nitrogen and oxygen atoms in total. The quantitative estimate of drug-likeness (QED) is 0.852. The molecule has 98 valence electrons. The van der Waals surface area contributed by atoms with Crippen molar-refractivity contribution in [2.75, 3.05) is 0 Å². The molecule has 0 aliphatic rings. The van der Waals surface area contributed by atoms with Gasteiger partial charge < -0.3 is 9.84 Å². The fourth-order valence-corrected chi connectivity index (χ4v) is 1.84. The molecule has 0 heterocycles. The minimum atomic E-state index is -0.211. The van der Waals surface area contributed by atoms with Crippen molar-refractivity contribution in [2.24, 2.45) is 0 Å². The van der Waals surface area contributed by atoms with Gasteiger partial charge in [0.2, 0.25) is 0 Å². The Balaban J connectivity index is 2.18. The zero-order valence-electron chi connectivity index (χ0n) is 11.0. The van der Waals surface area contributed by atoms with Gasteiger partial charge in [0.25, 0.3) is 0 Å². The third-order valence-corrected chi connectivity index (χ3v) is 2.87. The predicted molar refractivity (Wildman–Crippen MR) is 73.6 cm³/mol. The molecule has 2 aromatic carbocycles. The van der Waals surface area contributed by atoms with Crippen LogP contribution in [0.2, 0.25) is 0 Å². The third kappa shape index (κ3) is 3.13. The normalized spacial score (nSPS) is 10.2. The van der Waals surface area contributed by atoms with Gasteiger partial charge in [-0.05, 0) is 31.5 Å². The largest absolute Gasteiger partial charge is 0.507 e. The van der Waals surface area contributed by atoms with Crippen molar-refractivity contribution in [3.05, 3.63) is 59.2 Å². The van der Waals surface area contributed by atoms with E-state index < -0.39 is 0 Å². The minimum absolute atomic E-state index is 0.0473. The molecule has 0 radical (unpaired) electrons. The number of carbonyl (C=O) groups is 1. The number of aryl methyl sites for hydroxylation is 1. The van der Waals surface area contributed by atoms with Gasteiger partial charge in [0, 0.05) is 0 Å². The second-order valence-electron chi connectivity index (χ2n) is 4.48. The molecule has 1 N–H and O–H groups in total. The molecule has 0 bridgehead atoms. The van der Waals surface area contributed by atoms with Crippen molar-refractivity contribution in [3.63, 3.8) is 0 Å². The number of benzene rings is 2. The number of aromatic hydroxyl groups is 1. The highest BCUT2D eigenvalue weighted by atomic mass is 16.5. The Morgan fingerprint density at radius 3 is 2.47 bits per heavy atom. The number of carbonyl (C=O) groups excluding carboxylic acids is 1. The van der Waals surface area contributed by atoms with E-state index in [0.717, 1.165) is 5.56 Å². The Labute approximate surface area is 112 Å². The van der Waals surface area contributed by atoms with Gasteiger partial charge in [-0.3, -0.25) is 4.79 Å². The highest BCUT2D eigenvalue weighted by Crippen LogP contribution is 2.28. The van der Waals surface area contributed by atoms with Crippen LogP contribution in [0.3, 0.4) is 0 Å². The van der Waals surface area contributed by atoms with Gasteiger partial charge in [0.1, 0.15) is 23.7 Å². The molecule has 0 saturated heterocycles. The summed E-state index contributed by atoms with van der Waals surface area (Å²) in [7, 11) is 0. The summed E-state index contributed by atoms with van der Waals surface area (Å²) in [6, 6.07) is 12.8. The molecule has 2 rings (SSSR count). The Hall–Kier alpha value is -2.29. The molecule has 0 spiro atoms. The van der Waals surface area contributed by atoms with Crippen molar-refractivity contribution in [2.45, 2.75) is 20.5 Å². The number of rotatable bonds is 4. The maximum atomic E-state index is 11.5. The number of phenolic OH excluding ortho intramolecular Hbond substituents is 1. The fraction of sp³-hybridized carbons (Fsp3) is 0.188. The number of ketones is 1. The molecule has 0 amide bonds. The van der Waals surface area contributed by atoms with Crippen molar-refractivity contribution in [1.82, 2.24) is 0 Å². The third-order valence-electron chi connectivity index (χ3n) is 2.87. The zero-order chi connectivity index (χ0) is 13.8. The molecular weight excluding hydrogens is 240 g/mol. The molecule has 19 heavy (non-hydrogen) atoms. The average Bonchev–Trinajstić information content (AvgIpc) is 2.37. The van der Waals surface area contributed by atoms with E-state index in [1.54, 1.807) is 12.1 Å². The Morgan fingerprint density at radius 2 is 1.84 bits per heavy atom.